The molecule has 2 unspecified atom stereocenters. The quantitative estimate of drug-likeness (QED) is 0.802. The summed E-state index contributed by atoms with van der Waals surface area (Å²) in [5, 5.41) is 9.43. The summed E-state index contributed by atoms with van der Waals surface area (Å²) >= 11 is 0. The van der Waals surface area contributed by atoms with Gasteiger partial charge in [0, 0.05) is 19.5 Å². The Morgan fingerprint density at radius 1 is 1.24 bits per heavy atom. The van der Waals surface area contributed by atoms with Crippen LogP contribution in [0.25, 0.3) is 0 Å². The molecule has 3 nitrogen and oxygen atoms in total. The van der Waals surface area contributed by atoms with Crippen molar-refractivity contribution < 1.29 is 9.90 Å². The summed E-state index contributed by atoms with van der Waals surface area (Å²) in [6, 6.07) is 0. The average molecular weight is 239 g/mol. The fourth-order valence-corrected chi connectivity index (χ4v) is 3.24. The van der Waals surface area contributed by atoms with Gasteiger partial charge < -0.3 is 10.0 Å². The monoisotopic (exact) mass is 239 g/mol. The van der Waals surface area contributed by atoms with Crippen LogP contribution in [0.5, 0.6) is 0 Å². The van der Waals surface area contributed by atoms with Gasteiger partial charge in [0.2, 0.25) is 5.91 Å². The van der Waals surface area contributed by atoms with Crippen molar-refractivity contribution in [1.82, 2.24) is 4.90 Å². The largest absolute Gasteiger partial charge is 0.393 e. The summed E-state index contributed by atoms with van der Waals surface area (Å²) < 4.78 is 0. The molecule has 2 rings (SSSR count). The van der Waals surface area contributed by atoms with Gasteiger partial charge in [0.05, 0.1) is 6.10 Å². The molecule has 0 aromatic heterocycles. The van der Waals surface area contributed by atoms with Gasteiger partial charge in [-0.1, -0.05) is 19.8 Å². The average Bonchev–Trinajstić information content (AvgIpc) is 2.29. The van der Waals surface area contributed by atoms with Gasteiger partial charge in [-0.25, -0.2) is 0 Å². The third kappa shape index (κ3) is 3.70. The molecule has 1 saturated carbocycles. The number of likely N-dealkylation sites (tertiary alicyclic amines) is 1. The standard InChI is InChI=1S/C14H25NO2/c1-11-3-2-4-12(9-11)10-14(17)15-7-5-13(16)6-8-15/h11-13,16H,2-10H2,1H3. The van der Waals surface area contributed by atoms with Crippen LogP contribution < -0.4 is 0 Å². The number of hydrogen-bond donors (Lipinski definition) is 1. The Balaban J connectivity index is 1.76. The second-order valence-electron chi connectivity index (χ2n) is 5.95. The van der Waals surface area contributed by atoms with Gasteiger partial charge in [0.15, 0.2) is 0 Å². The van der Waals surface area contributed by atoms with Crippen molar-refractivity contribution in [3.05, 3.63) is 0 Å². The van der Waals surface area contributed by atoms with E-state index < -0.39 is 0 Å². The van der Waals surface area contributed by atoms with Crippen molar-refractivity contribution in [3.8, 4) is 0 Å². The maximum absolute atomic E-state index is 12.1. The van der Waals surface area contributed by atoms with Gasteiger partial charge in [-0.3, -0.25) is 4.79 Å². The van der Waals surface area contributed by atoms with Crippen molar-refractivity contribution >= 4 is 5.91 Å². The smallest absolute Gasteiger partial charge is 0.222 e. The number of amides is 1. The number of rotatable bonds is 2. The minimum atomic E-state index is -0.186. The van der Waals surface area contributed by atoms with E-state index in [2.05, 4.69) is 6.92 Å². The molecular weight excluding hydrogens is 214 g/mol. The first-order valence-electron chi connectivity index (χ1n) is 7.11. The van der Waals surface area contributed by atoms with E-state index in [1.807, 2.05) is 4.90 Å². The predicted molar refractivity (Wildman–Crippen MR) is 67.6 cm³/mol. The number of piperidine rings is 1. The van der Waals surface area contributed by atoms with Crippen LogP contribution in [0.3, 0.4) is 0 Å². The van der Waals surface area contributed by atoms with Gasteiger partial charge in [0.25, 0.3) is 0 Å². The topological polar surface area (TPSA) is 40.5 Å². The Morgan fingerprint density at radius 2 is 1.94 bits per heavy atom. The lowest BCUT2D eigenvalue weighted by atomic mass is 9.80. The normalized spacial score (nSPS) is 31.5. The molecule has 0 spiro atoms. The predicted octanol–water partition coefficient (Wildman–Crippen LogP) is 2.19. The van der Waals surface area contributed by atoms with Gasteiger partial charge >= 0.3 is 0 Å². The molecule has 1 heterocycles. The Labute approximate surface area is 104 Å². The Bertz CT molecular complexity index is 259. The van der Waals surface area contributed by atoms with E-state index in [0.717, 1.165) is 38.3 Å². The summed E-state index contributed by atoms with van der Waals surface area (Å²) in [5.41, 5.74) is 0. The third-order valence-electron chi connectivity index (χ3n) is 4.33. The SMILES string of the molecule is CC1CCCC(CC(=O)N2CCC(O)CC2)C1. The van der Waals surface area contributed by atoms with E-state index in [4.69, 9.17) is 0 Å². The second kappa shape index (κ2) is 5.85. The van der Waals surface area contributed by atoms with E-state index in [1.165, 1.54) is 25.7 Å². The van der Waals surface area contributed by atoms with Gasteiger partial charge in [0.1, 0.15) is 0 Å². The lowest BCUT2D eigenvalue weighted by Gasteiger charge is -2.32. The first-order chi connectivity index (χ1) is 8.15. The van der Waals surface area contributed by atoms with Crippen LogP contribution in [-0.4, -0.2) is 35.1 Å². The van der Waals surface area contributed by atoms with E-state index in [9.17, 15) is 9.90 Å². The van der Waals surface area contributed by atoms with E-state index >= 15 is 0 Å². The molecule has 98 valence electrons. The van der Waals surface area contributed by atoms with Crippen molar-refractivity contribution in [2.45, 2.75) is 58.0 Å². The molecule has 1 aliphatic carbocycles. The van der Waals surface area contributed by atoms with E-state index in [1.54, 1.807) is 0 Å². The lowest BCUT2D eigenvalue weighted by molar-refractivity contribution is -0.134. The highest BCUT2D eigenvalue weighted by Gasteiger charge is 2.26. The highest BCUT2D eigenvalue weighted by atomic mass is 16.3. The molecule has 3 heteroatoms. The second-order valence-corrected chi connectivity index (χ2v) is 5.95. The maximum atomic E-state index is 12.1. The molecule has 1 aliphatic heterocycles. The fraction of sp³-hybridized carbons (Fsp3) is 0.929. The fourth-order valence-electron chi connectivity index (χ4n) is 3.24. The van der Waals surface area contributed by atoms with Gasteiger partial charge in [-0.2, -0.15) is 0 Å². The number of hydrogen-bond acceptors (Lipinski definition) is 2. The van der Waals surface area contributed by atoms with Crippen molar-refractivity contribution in [2.75, 3.05) is 13.1 Å². The highest BCUT2D eigenvalue weighted by molar-refractivity contribution is 5.76. The van der Waals surface area contributed by atoms with Crippen LogP contribution in [0.4, 0.5) is 0 Å². The zero-order valence-corrected chi connectivity index (χ0v) is 10.9. The van der Waals surface area contributed by atoms with E-state index in [-0.39, 0.29) is 6.10 Å². The molecule has 1 amide bonds. The minimum absolute atomic E-state index is 0.186. The lowest BCUT2D eigenvalue weighted by Crippen LogP contribution is -2.40. The first kappa shape index (κ1) is 12.9. The number of carbonyl (C=O) groups is 1. The zero-order valence-electron chi connectivity index (χ0n) is 10.9. The molecule has 2 aliphatic rings. The molecule has 17 heavy (non-hydrogen) atoms. The molecule has 1 saturated heterocycles. The van der Waals surface area contributed by atoms with Crippen LogP contribution in [0.2, 0.25) is 0 Å². The molecule has 0 bridgehead atoms. The molecule has 2 atom stereocenters. The first-order valence-corrected chi connectivity index (χ1v) is 7.11. The summed E-state index contributed by atoms with van der Waals surface area (Å²) in [6.45, 7) is 3.80. The summed E-state index contributed by atoms with van der Waals surface area (Å²) in [4.78, 5) is 14.1. The van der Waals surface area contributed by atoms with Crippen LogP contribution in [0.15, 0.2) is 0 Å². The molecule has 1 N–H and O–H groups in total. The van der Waals surface area contributed by atoms with Crippen LogP contribution in [-0.2, 0) is 4.79 Å². The van der Waals surface area contributed by atoms with Gasteiger partial charge in [-0.05, 0) is 37.5 Å². The number of carbonyl (C=O) groups excluding carboxylic acids is 1. The number of aliphatic hydroxyl groups excluding tert-OH is 1. The summed E-state index contributed by atoms with van der Waals surface area (Å²) in [6.07, 6.45) is 7.14. The molecule has 0 aromatic rings. The van der Waals surface area contributed by atoms with Crippen LogP contribution in [0.1, 0.15) is 51.9 Å². The number of nitrogens with zero attached hydrogens (tertiary/aromatic N) is 1. The Hall–Kier alpha value is -0.570. The van der Waals surface area contributed by atoms with Crippen molar-refractivity contribution in [2.24, 2.45) is 11.8 Å². The molecular formula is C14H25NO2. The van der Waals surface area contributed by atoms with E-state index in [0.29, 0.717) is 11.8 Å². The minimum Gasteiger partial charge on any atom is -0.393 e. The van der Waals surface area contributed by atoms with Crippen molar-refractivity contribution in [1.29, 1.82) is 0 Å². The third-order valence-corrected chi connectivity index (χ3v) is 4.33. The van der Waals surface area contributed by atoms with Crippen LogP contribution >= 0.6 is 0 Å². The molecule has 2 fully saturated rings. The maximum Gasteiger partial charge on any atom is 0.222 e. The molecule has 0 aromatic carbocycles. The molecule has 0 radical (unpaired) electrons. The number of aliphatic hydroxyl groups is 1. The Kier molecular flexibility index (Phi) is 4.43. The summed E-state index contributed by atoms with van der Waals surface area (Å²) in [5.74, 6) is 1.72. The van der Waals surface area contributed by atoms with Crippen LogP contribution in [0, 0.1) is 11.8 Å². The van der Waals surface area contributed by atoms with Crippen molar-refractivity contribution in [3.63, 3.8) is 0 Å². The summed E-state index contributed by atoms with van der Waals surface area (Å²) in [7, 11) is 0. The van der Waals surface area contributed by atoms with Gasteiger partial charge in [-0.15, -0.1) is 0 Å². The Morgan fingerprint density at radius 3 is 2.59 bits per heavy atom. The zero-order chi connectivity index (χ0) is 12.3. The highest BCUT2D eigenvalue weighted by Crippen LogP contribution is 2.31.